The molecular weight excluding hydrogens is 249 g/mol. The van der Waals surface area contributed by atoms with Gasteiger partial charge in [0.2, 0.25) is 0 Å². The summed E-state index contributed by atoms with van der Waals surface area (Å²) >= 11 is 0. The number of halogens is 1. The summed E-state index contributed by atoms with van der Waals surface area (Å²) in [5, 5.41) is 10.3. The first-order valence-corrected chi connectivity index (χ1v) is 6.51. The normalized spacial score (nSPS) is 22.2. The van der Waals surface area contributed by atoms with Crippen molar-refractivity contribution in [1.82, 2.24) is 4.90 Å². The largest absolute Gasteiger partial charge is 0.494 e. The molecule has 0 aromatic heterocycles. The molecule has 106 valence electrons. The van der Waals surface area contributed by atoms with E-state index >= 15 is 0 Å². The molecule has 2 rings (SSSR count). The zero-order chi connectivity index (χ0) is 13.8. The molecule has 1 heterocycles. The van der Waals surface area contributed by atoms with Gasteiger partial charge in [0.25, 0.3) is 0 Å². The number of morpholine rings is 1. The van der Waals surface area contributed by atoms with E-state index in [0.717, 1.165) is 13.1 Å². The third kappa shape index (κ3) is 3.05. The second-order valence-corrected chi connectivity index (χ2v) is 4.61. The highest BCUT2D eigenvalue weighted by Crippen LogP contribution is 2.29. The Morgan fingerprint density at radius 3 is 3.05 bits per heavy atom. The smallest absolute Gasteiger partial charge is 0.170 e. The zero-order valence-corrected chi connectivity index (χ0v) is 11.3. The van der Waals surface area contributed by atoms with Crippen LogP contribution in [0.3, 0.4) is 0 Å². The summed E-state index contributed by atoms with van der Waals surface area (Å²) in [6, 6.07) is 4.77. The van der Waals surface area contributed by atoms with Crippen molar-refractivity contribution in [1.29, 1.82) is 0 Å². The van der Waals surface area contributed by atoms with E-state index in [2.05, 4.69) is 11.8 Å². The quantitative estimate of drug-likeness (QED) is 0.901. The monoisotopic (exact) mass is 269 g/mol. The maximum absolute atomic E-state index is 14.1. The van der Waals surface area contributed by atoms with Gasteiger partial charge in [-0.1, -0.05) is 19.1 Å². The second-order valence-electron chi connectivity index (χ2n) is 4.61. The van der Waals surface area contributed by atoms with Crippen molar-refractivity contribution >= 4 is 0 Å². The molecule has 5 heteroatoms. The molecule has 19 heavy (non-hydrogen) atoms. The predicted octanol–water partition coefficient (Wildman–Crippen LogP) is 1.59. The summed E-state index contributed by atoms with van der Waals surface area (Å²) < 4.78 is 24.6. The van der Waals surface area contributed by atoms with Crippen LogP contribution in [0.1, 0.15) is 18.6 Å². The minimum atomic E-state index is -0.982. The lowest BCUT2D eigenvalue weighted by Gasteiger charge is -2.34. The van der Waals surface area contributed by atoms with E-state index in [-0.39, 0.29) is 11.3 Å². The Morgan fingerprint density at radius 1 is 1.58 bits per heavy atom. The predicted molar refractivity (Wildman–Crippen MR) is 69.8 cm³/mol. The fraction of sp³-hybridized carbons (Fsp3) is 0.571. The third-order valence-electron chi connectivity index (χ3n) is 3.51. The Balaban J connectivity index is 2.17. The number of hydrogen-bond donors (Lipinski definition) is 1. The molecule has 0 spiro atoms. The minimum Gasteiger partial charge on any atom is -0.494 e. The van der Waals surface area contributed by atoms with E-state index < -0.39 is 18.0 Å². The summed E-state index contributed by atoms with van der Waals surface area (Å²) in [6.45, 7) is 4.96. The van der Waals surface area contributed by atoms with Crippen LogP contribution >= 0.6 is 0 Å². The zero-order valence-electron chi connectivity index (χ0n) is 11.3. The molecule has 2 atom stereocenters. The van der Waals surface area contributed by atoms with Crippen molar-refractivity contribution in [2.24, 2.45) is 0 Å². The molecule has 4 nitrogen and oxygen atoms in total. The fourth-order valence-electron chi connectivity index (χ4n) is 2.32. The van der Waals surface area contributed by atoms with E-state index in [1.165, 1.54) is 13.2 Å². The average Bonchev–Trinajstić information content (AvgIpc) is 2.47. The summed E-state index contributed by atoms with van der Waals surface area (Å²) in [5.41, 5.74) is 0.224. The lowest BCUT2D eigenvalue weighted by molar-refractivity contribution is -0.0898. The van der Waals surface area contributed by atoms with E-state index in [4.69, 9.17) is 9.47 Å². The van der Waals surface area contributed by atoms with Crippen molar-refractivity contribution in [2.75, 3.05) is 33.4 Å². The number of rotatable bonds is 4. The van der Waals surface area contributed by atoms with Gasteiger partial charge >= 0.3 is 0 Å². The number of aliphatic hydroxyl groups excluding tert-OH is 1. The lowest BCUT2D eigenvalue weighted by atomic mass is 10.0. The maximum atomic E-state index is 14.1. The maximum Gasteiger partial charge on any atom is 0.170 e. The molecule has 0 aliphatic carbocycles. The van der Waals surface area contributed by atoms with Crippen molar-refractivity contribution in [3.63, 3.8) is 0 Å². The Hall–Kier alpha value is -1.17. The highest BCUT2D eigenvalue weighted by molar-refractivity contribution is 5.32. The van der Waals surface area contributed by atoms with E-state index in [9.17, 15) is 9.50 Å². The molecule has 2 unspecified atom stereocenters. The number of methoxy groups -OCH3 is 1. The Labute approximate surface area is 112 Å². The first-order chi connectivity index (χ1) is 9.17. The first kappa shape index (κ1) is 14.2. The van der Waals surface area contributed by atoms with Crippen molar-refractivity contribution < 1.29 is 19.0 Å². The molecular formula is C14H20FNO3. The highest BCUT2D eigenvalue weighted by Gasteiger charge is 2.29. The molecule has 1 fully saturated rings. The topological polar surface area (TPSA) is 41.9 Å². The van der Waals surface area contributed by atoms with Crippen LogP contribution in [-0.4, -0.2) is 49.5 Å². The van der Waals surface area contributed by atoms with Gasteiger partial charge in [0, 0.05) is 18.7 Å². The first-order valence-electron chi connectivity index (χ1n) is 6.51. The van der Waals surface area contributed by atoms with Crippen LogP contribution in [0.5, 0.6) is 5.75 Å². The molecule has 0 saturated carbocycles. The summed E-state index contributed by atoms with van der Waals surface area (Å²) in [7, 11) is 1.41. The van der Waals surface area contributed by atoms with Gasteiger partial charge in [-0.25, -0.2) is 4.39 Å². The van der Waals surface area contributed by atoms with E-state index in [0.29, 0.717) is 13.2 Å². The number of likely N-dealkylation sites (N-methyl/N-ethyl adjacent to an activating group) is 1. The molecule has 1 aliphatic rings. The number of hydrogen-bond acceptors (Lipinski definition) is 4. The molecule has 1 aromatic carbocycles. The van der Waals surface area contributed by atoms with Gasteiger partial charge in [-0.3, -0.25) is 4.90 Å². The van der Waals surface area contributed by atoms with E-state index in [1.807, 2.05) is 0 Å². The second kappa shape index (κ2) is 6.32. The third-order valence-corrected chi connectivity index (χ3v) is 3.51. The van der Waals surface area contributed by atoms with Gasteiger partial charge in [-0.2, -0.15) is 0 Å². The Kier molecular flexibility index (Phi) is 4.74. The highest BCUT2D eigenvalue weighted by atomic mass is 19.1. The molecule has 0 amide bonds. The molecule has 0 bridgehead atoms. The van der Waals surface area contributed by atoms with Gasteiger partial charge < -0.3 is 14.6 Å². The molecule has 1 aromatic rings. The summed E-state index contributed by atoms with van der Waals surface area (Å²) in [5.74, 6) is -0.380. The molecule has 0 radical (unpaired) electrons. The SMILES string of the molecule is CCN1CCOC(C(O)c2cccc(OC)c2F)C1. The van der Waals surface area contributed by atoms with Crippen LogP contribution in [0, 0.1) is 5.82 Å². The number of ether oxygens (including phenoxy) is 2. The number of nitrogens with zero attached hydrogens (tertiary/aromatic N) is 1. The van der Waals surface area contributed by atoms with Crippen LogP contribution in [0.15, 0.2) is 18.2 Å². The molecule has 1 N–H and O–H groups in total. The van der Waals surface area contributed by atoms with Crippen molar-refractivity contribution in [2.45, 2.75) is 19.1 Å². The standard InChI is InChI=1S/C14H20FNO3/c1-3-16-7-8-19-12(9-16)14(17)10-5-4-6-11(18-2)13(10)15/h4-6,12,14,17H,3,7-9H2,1-2H3. The van der Waals surface area contributed by atoms with Gasteiger partial charge in [0.1, 0.15) is 12.2 Å². The van der Waals surface area contributed by atoms with Crippen LogP contribution in [0.4, 0.5) is 4.39 Å². The minimum absolute atomic E-state index is 0.139. The van der Waals surface area contributed by atoms with Gasteiger partial charge in [0.05, 0.1) is 13.7 Å². The van der Waals surface area contributed by atoms with Crippen LogP contribution in [0.2, 0.25) is 0 Å². The fourth-order valence-corrected chi connectivity index (χ4v) is 2.32. The summed E-state index contributed by atoms with van der Waals surface area (Å²) in [4.78, 5) is 2.18. The average molecular weight is 269 g/mol. The Morgan fingerprint density at radius 2 is 2.37 bits per heavy atom. The van der Waals surface area contributed by atoms with Crippen molar-refractivity contribution in [3.8, 4) is 5.75 Å². The van der Waals surface area contributed by atoms with Crippen molar-refractivity contribution in [3.05, 3.63) is 29.6 Å². The lowest BCUT2D eigenvalue weighted by Crippen LogP contribution is -2.45. The molecule has 1 saturated heterocycles. The number of aliphatic hydroxyl groups is 1. The van der Waals surface area contributed by atoms with Gasteiger partial charge in [0.15, 0.2) is 11.6 Å². The van der Waals surface area contributed by atoms with E-state index in [1.54, 1.807) is 12.1 Å². The van der Waals surface area contributed by atoms with Gasteiger partial charge in [-0.15, -0.1) is 0 Å². The molecule has 1 aliphatic heterocycles. The van der Waals surface area contributed by atoms with Gasteiger partial charge in [-0.05, 0) is 12.6 Å². The van der Waals surface area contributed by atoms with Crippen LogP contribution in [0.25, 0.3) is 0 Å². The number of benzene rings is 1. The Bertz CT molecular complexity index is 427. The summed E-state index contributed by atoms with van der Waals surface area (Å²) in [6.07, 6.45) is -1.39. The van der Waals surface area contributed by atoms with Crippen LogP contribution < -0.4 is 4.74 Å². The van der Waals surface area contributed by atoms with Crippen LogP contribution in [-0.2, 0) is 4.74 Å².